The highest BCUT2D eigenvalue weighted by atomic mass is 19.3. The lowest BCUT2D eigenvalue weighted by Crippen LogP contribution is -2.66. The number of alkyl halides is 2. The van der Waals surface area contributed by atoms with Gasteiger partial charge in [0.1, 0.15) is 0 Å². The molecule has 6 rings (SSSR count). The van der Waals surface area contributed by atoms with Crippen LogP contribution < -0.4 is 9.80 Å². The first-order chi connectivity index (χ1) is 15.1. The van der Waals surface area contributed by atoms with Crippen molar-refractivity contribution >= 4 is 22.9 Å². The van der Waals surface area contributed by atoms with Gasteiger partial charge in [-0.05, 0) is 12.1 Å². The minimum atomic E-state index is -2.76. The second-order valence-electron chi connectivity index (χ2n) is 8.28. The maximum absolute atomic E-state index is 13.9. The van der Waals surface area contributed by atoms with Crippen LogP contribution in [0.3, 0.4) is 0 Å². The summed E-state index contributed by atoms with van der Waals surface area (Å²) in [6.45, 7) is 5.43. The highest BCUT2D eigenvalue weighted by Crippen LogP contribution is 2.39. The summed E-state index contributed by atoms with van der Waals surface area (Å²) in [6, 6.07) is 7.01. The lowest BCUT2D eigenvalue weighted by molar-refractivity contribution is -0.127. The predicted molar refractivity (Wildman–Crippen MR) is 108 cm³/mol. The fourth-order valence-corrected chi connectivity index (χ4v) is 4.37. The van der Waals surface area contributed by atoms with E-state index in [1.807, 2.05) is 4.90 Å². The molecule has 11 heteroatoms. The maximum Gasteiger partial charge on any atom is 0.296 e. The molecule has 31 heavy (non-hydrogen) atoms. The zero-order valence-electron chi connectivity index (χ0n) is 16.7. The number of nitrogens with zero attached hydrogens (tertiary/aromatic N) is 7. The minimum Gasteiger partial charge on any atom is -0.380 e. The van der Waals surface area contributed by atoms with Crippen molar-refractivity contribution < 1.29 is 18.3 Å². The van der Waals surface area contributed by atoms with Crippen molar-refractivity contribution in [1.29, 1.82) is 0 Å². The second kappa shape index (κ2) is 7.06. The van der Waals surface area contributed by atoms with Crippen LogP contribution in [0.1, 0.15) is 12.2 Å². The molecule has 162 valence electrons. The molecule has 2 aromatic heterocycles. The van der Waals surface area contributed by atoms with Gasteiger partial charge in [-0.1, -0.05) is 12.1 Å². The molecule has 0 atom stereocenters. The van der Waals surface area contributed by atoms with E-state index in [2.05, 4.69) is 24.8 Å². The largest absolute Gasteiger partial charge is 0.380 e. The number of imidazole rings is 1. The summed E-state index contributed by atoms with van der Waals surface area (Å²) < 4.78 is 39.9. The third-order valence-electron chi connectivity index (χ3n) is 6.03. The van der Waals surface area contributed by atoms with Gasteiger partial charge in [0, 0.05) is 26.2 Å². The minimum absolute atomic E-state index is 0.154. The Morgan fingerprint density at radius 2 is 1.52 bits per heavy atom. The molecule has 3 aliphatic heterocycles. The Kier molecular flexibility index (Phi) is 4.29. The molecule has 0 amide bonds. The van der Waals surface area contributed by atoms with Crippen LogP contribution in [0.2, 0.25) is 0 Å². The fourth-order valence-electron chi connectivity index (χ4n) is 4.37. The van der Waals surface area contributed by atoms with Gasteiger partial charge in [0.25, 0.3) is 6.43 Å². The van der Waals surface area contributed by atoms with Crippen molar-refractivity contribution in [3.8, 4) is 5.95 Å². The Labute approximate surface area is 176 Å². The maximum atomic E-state index is 13.9. The summed E-state index contributed by atoms with van der Waals surface area (Å²) in [7, 11) is 0. The van der Waals surface area contributed by atoms with E-state index in [4.69, 9.17) is 9.47 Å². The number of fused-ring (bicyclic) bond motifs is 1. The molecule has 9 nitrogen and oxygen atoms in total. The average molecular weight is 429 g/mol. The van der Waals surface area contributed by atoms with E-state index >= 15 is 0 Å². The summed E-state index contributed by atoms with van der Waals surface area (Å²) in [5.74, 6) is 0.731. The summed E-state index contributed by atoms with van der Waals surface area (Å²) in [4.78, 5) is 22.1. The van der Waals surface area contributed by atoms with Gasteiger partial charge in [0.05, 0.1) is 42.9 Å². The normalized spacial score (nSPS) is 20.4. The Balaban J connectivity index is 1.47. The van der Waals surface area contributed by atoms with Gasteiger partial charge in [0.2, 0.25) is 17.8 Å². The van der Waals surface area contributed by atoms with Gasteiger partial charge >= 0.3 is 0 Å². The molecule has 3 fully saturated rings. The van der Waals surface area contributed by atoms with E-state index in [1.54, 1.807) is 24.3 Å². The Hall–Kier alpha value is -2.92. The number of anilines is 2. The van der Waals surface area contributed by atoms with Crippen LogP contribution in [0.25, 0.3) is 17.0 Å². The van der Waals surface area contributed by atoms with Gasteiger partial charge in [-0.25, -0.2) is 13.8 Å². The SMILES string of the molecule is FC(F)c1nc2ccccc2n1-c1nc(N2CCOCC2)nc(N2CC3(COC3)C2)n1. The second-order valence-corrected chi connectivity index (χ2v) is 8.28. The van der Waals surface area contributed by atoms with E-state index in [9.17, 15) is 8.78 Å². The van der Waals surface area contributed by atoms with Gasteiger partial charge in [-0.15, -0.1) is 0 Å². The lowest BCUT2D eigenvalue weighted by Gasteiger charge is -2.54. The van der Waals surface area contributed by atoms with Gasteiger partial charge in [-0.2, -0.15) is 15.0 Å². The molecule has 0 radical (unpaired) electrons. The number of rotatable bonds is 4. The van der Waals surface area contributed by atoms with E-state index in [0.717, 1.165) is 26.3 Å². The van der Waals surface area contributed by atoms with Crippen LogP contribution in [0.4, 0.5) is 20.7 Å². The molecular formula is C20H21F2N7O2. The Morgan fingerprint density at radius 3 is 2.19 bits per heavy atom. The molecule has 0 N–H and O–H groups in total. The molecule has 0 unspecified atom stereocenters. The molecule has 0 bridgehead atoms. The molecule has 1 aromatic carbocycles. The first-order valence-corrected chi connectivity index (χ1v) is 10.3. The van der Waals surface area contributed by atoms with Crippen LogP contribution >= 0.6 is 0 Å². The molecule has 1 spiro atoms. The smallest absolute Gasteiger partial charge is 0.296 e. The monoisotopic (exact) mass is 429 g/mol. The average Bonchev–Trinajstić information content (AvgIpc) is 3.12. The van der Waals surface area contributed by atoms with Gasteiger partial charge in [0.15, 0.2) is 5.82 Å². The zero-order chi connectivity index (χ0) is 21.0. The molecule has 5 heterocycles. The number of morpholine rings is 1. The fraction of sp³-hybridized carbons (Fsp3) is 0.500. The molecular weight excluding hydrogens is 408 g/mol. The van der Waals surface area contributed by atoms with Crippen molar-refractivity contribution in [2.75, 3.05) is 62.4 Å². The van der Waals surface area contributed by atoms with Crippen molar-refractivity contribution in [3.05, 3.63) is 30.1 Å². The van der Waals surface area contributed by atoms with Gasteiger partial charge in [-0.3, -0.25) is 4.57 Å². The number of hydrogen-bond donors (Lipinski definition) is 0. The topological polar surface area (TPSA) is 81.4 Å². The van der Waals surface area contributed by atoms with E-state index in [1.165, 1.54) is 4.57 Å². The number of halogens is 2. The highest BCUT2D eigenvalue weighted by molar-refractivity contribution is 5.77. The highest BCUT2D eigenvalue weighted by Gasteiger charge is 2.50. The van der Waals surface area contributed by atoms with E-state index in [0.29, 0.717) is 49.2 Å². The lowest BCUT2D eigenvalue weighted by atomic mass is 9.78. The van der Waals surface area contributed by atoms with Crippen LogP contribution in [-0.2, 0) is 9.47 Å². The van der Waals surface area contributed by atoms with Gasteiger partial charge < -0.3 is 19.3 Å². The number of para-hydroxylation sites is 2. The van der Waals surface area contributed by atoms with Crippen LogP contribution in [0.5, 0.6) is 0 Å². The number of benzene rings is 1. The number of aromatic nitrogens is 5. The molecule has 3 aliphatic rings. The summed E-state index contributed by atoms with van der Waals surface area (Å²) in [5.41, 5.74) is 1.18. The van der Waals surface area contributed by atoms with E-state index in [-0.39, 0.29) is 17.2 Å². The molecule has 3 saturated heterocycles. The van der Waals surface area contributed by atoms with Crippen LogP contribution in [-0.4, -0.2) is 77.1 Å². The summed E-state index contributed by atoms with van der Waals surface area (Å²) in [6.07, 6.45) is -2.76. The van der Waals surface area contributed by atoms with Crippen molar-refractivity contribution in [3.63, 3.8) is 0 Å². The van der Waals surface area contributed by atoms with Crippen molar-refractivity contribution in [1.82, 2.24) is 24.5 Å². The Morgan fingerprint density at radius 1 is 0.839 bits per heavy atom. The molecule has 3 aromatic rings. The Bertz CT molecular complexity index is 1120. The standard InChI is InChI=1S/C20H21F2N7O2/c21-15(22)16-23-13-3-1-2-4-14(13)29(16)19-25-17(27-5-7-30-8-6-27)24-18(26-19)28-9-20(10-28)11-31-12-20/h1-4,15H,5-12H2. The van der Waals surface area contributed by atoms with Crippen LogP contribution in [0.15, 0.2) is 24.3 Å². The predicted octanol–water partition coefficient (Wildman–Crippen LogP) is 1.82. The molecule has 0 saturated carbocycles. The molecule has 0 aliphatic carbocycles. The number of ether oxygens (including phenoxy) is 2. The third kappa shape index (κ3) is 3.10. The summed E-state index contributed by atoms with van der Waals surface area (Å²) >= 11 is 0. The van der Waals surface area contributed by atoms with Crippen molar-refractivity contribution in [2.45, 2.75) is 6.43 Å². The van der Waals surface area contributed by atoms with Crippen LogP contribution in [0, 0.1) is 5.41 Å². The summed E-state index contributed by atoms with van der Waals surface area (Å²) in [5, 5.41) is 0. The first kappa shape index (κ1) is 18.8. The van der Waals surface area contributed by atoms with E-state index < -0.39 is 6.43 Å². The zero-order valence-corrected chi connectivity index (χ0v) is 16.7. The quantitative estimate of drug-likeness (QED) is 0.621. The third-order valence-corrected chi connectivity index (χ3v) is 6.03. The first-order valence-electron chi connectivity index (χ1n) is 10.3. The van der Waals surface area contributed by atoms with Crippen molar-refractivity contribution in [2.24, 2.45) is 5.41 Å². The number of hydrogen-bond acceptors (Lipinski definition) is 8.